The Kier molecular flexibility index (Phi) is 8.58. The summed E-state index contributed by atoms with van der Waals surface area (Å²) in [6, 6.07) is 28.8. The van der Waals surface area contributed by atoms with E-state index in [-0.39, 0.29) is 24.4 Å². The minimum Gasteiger partial charge on any atom is -0.497 e. The van der Waals surface area contributed by atoms with E-state index in [9.17, 15) is 9.59 Å². The molecule has 41 heavy (non-hydrogen) atoms. The van der Waals surface area contributed by atoms with Crippen molar-refractivity contribution in [2.24, 2.45) is 0 Å². The Balaban J connectivity index is 1.24. The maximum atomic E-state index is 13.7. The first-order valence-electron chi connectivity index (χ1n) is 13.9. The molecule has 2 heterocycles. The van der Waals surface area contributed by atoms with Gasteiger partial charge in [-0.05, 0) is 67.4 Å². The zero-order valence-electron chi connectivity index (χ0n) is 23.7. The minimum absolute atomic E-state index is 0.0135. The highest BCUT2D eigenvalue weighted by atomic mass is 16.5. The molecule has 210 valence electrons. The van der Waals surface area contributed by atoms with Gasteiger partial charge in [0.25, 0.3) is 5.91 Å². The van der Waals surface area contributed by atoms with Crippen LogP contribution in [0.2, 0.25) is 0 Å². The highest BCUT2D eigenvalue weighted by molar-refractivity contribution is 5.98. The maximum Gasteiger partial charge on any atom is 0.255 e. The molecule has 0 radical (unpaired) electrons. The van der Waals surface area contributed by atoms with Gasteiger partial charge in [0.1, 0.15) is 12.3 Å². The van der Waals surface area contributed by atoms with Crippen molar-refractivity contribution in [3.63, 3.8) is 0 Å². The summed E-state index contributed by atoms with van der Waals surface area (Å²) in [5.41, 5.74) is 4.25. The molecular weight excluding hydrogens is 514 g/mol. The summed E-state index contributed by atoms with van der Waals surface area (Å²) in [4.78, 5) is 32.9. The van der Waals surface area contributed by atoms with Crippen LogP contribution in [-0.4, -0.2) is 71.6 Å². The number of carbonyl (C=O) groups is 2. The van der Waals surface area contributed by atoms with Gasteiger partial charge in [-0.3, -0.25) is 9.59 Å². The van der Waals surface area contributed by atoms with Crippen LogP contribution in [0.3, 0.4) is 0 Å². The molecule has 3 aromatic carbocycles. The first-order chi connectivity index (χ1) is 19.9. The molecule has 1 saturated heterocycles. The summed E-state index contributed by atoms with van der Waals surface area (Å²) in [5.74, 6) is 1.38. The van der Waals surface area contributed by atoms with Crippen LogP contribution in [0, 0.1) is 6.92 Å². The van der Waals surface area contributed by atoms with E-state index in [0.717, 1.165) is 34.0 Å². The Labute approximate surface area is 241 Å². The third-order valence-corrected chi connectivity index (χ3v) is 7.68. The first-order valence-corrected chi connectivity index (χ1v) is 13.9. The number of amides is 2. The highest BCUT2D eigenvalue weighted by Crippen LogP contribution is 2.25. The maximum absolute atomic E-state index is 13.7. The third-order valence-electron chi connectivity index (χ3n) is 7.68. The molecule has 8 heteroatoms. The molecule has 1 aliphatic heterocycles. The Bertz CT molecular complexity index is 1470. The predicted molar refractivity (Wildman–Crippen MR) is 160 cm³/mol. The predicted octanol–water partition coefficient (Wildman–Crippen LogP) is 5.01. The molecule has 2 amide bonds. The summed E-state index contributed by atoms with van der Waals surface area (Å²) in [7, 11) is 1.64. The van der Waals surface area contributed by atoms with Crippen LogP contribution in [-0.2, 0) is 4.79 Å². The second kappa shape index (κ2) is 12.6. The molecule has 0 saturated carbocycles. The van der Waals surface area contributed by atoms with Crippen LogP contribution in [0.4, 0.5) is 5.82 Å². The van der Waals surface area contributed by atoms with Crippen molar-refractivity contribution in [2.45, 2.75) is 19.9 Å². The Hall–Kier alpha value is -4.72. The smallest absolute Gasteiger partial charge is 0.255 e. The number of benzene rings is 3. The number of aromatic nitrogens is 2. The second-order valence-corrected chi connectivity index (χ2v) is 10.2. The zero-order chi connectivity index (χ0) is 28.8. The number of anilines is 1. The average Bonchev–Trinajstić information content (AvgIpc) is 3.04. The number of hydrogen-bond donors (Lipinski definition) is 0. The van der Waals surface area contributed by atoms with E-state index < -0.39 is 0 Å². The van der Waals surface area contributed by atoms with Gasteiger partial charge in [0.15, 0.2) is 5.82 Å². The highest BCUT2D eigenvalue weighted by Gasteiger charge is 2.29. The molecule has 5 rings (SSSR count). The van der Waals surface area contributed by atoms with Crippen LogP contribution in [0.15, 0.2) is 91.0 Å². The van der Waals surface area contributed by atoms with E-state index in [1.807, 2.05) is 110 Å². The van der Waals surface area contributed by atoms with E-state index in [1.54, 1.807) is 12.0 Å². The molecule has 1 atom stereocenters. The lowest BCUT2D eigenvalue weighted by molar-refractivity contribution is -0.132. The van der Waals surface area contributed by atoms with Crippen LogP contribution >= 0.6 is 0 Å². The lowest BCUT2D eigenvalue weighted by atomic mass is 10.0. The largest absolute Gasteiger partial charge is 0.497 e. The van der Waals surface area contributed by atoms with Crippen molar-refractivity contribution < 1.29 is 14.3 Å². The number of rotatable bonds is 8. The van der Waals surface area contributed by atoms with Crippen molar-refractivity contribution in [2.75, 3.05) is 44.7 Å². The fraction of sp³-hybridized carbons (Fsp3) is 0.273. The van der Waals surface area contributed by atoms with E-state index in [1.165, 1.54) is 0 Å². The number of hydrogen-bond acceptors (Lipinski definition) is 6. The van der Waals surface area contributed by atoms with Crippen molar-refractivity contribution in [3.8, 4) is 17.0 Å². The Morgan fingerprint density at radius 3 is 2.17 bits per heavy atom. The molecule has 0 N–H and O–H groups in total. The number of piperazine rings is 1. The van der Waals surface area contributed by atoms with Crippen LogP contribution in [0.1, 0.15) is 34.5 Å². The Morgan fingerprint density at radius 2 is 1.54 bits per heavy atom. The molecule has 8 nitrogen and oxygen atoms in total. The average molecular weight is 550 g/mol. The van der Waals surface area contributed by atoms with Gasteiger partial charge in [-0.25, -0.2) is 0 Å². The molecule has 0 spiro atoms. The molecule has 1 aliphatic rings. The number of aryl methyl sites for hydroxylation is 1. The molecule has 1 aromatic heterocycles. The molecular formula is C33H35N5O3. The van der Waals surface area contributed by atoms with Crippen LogP contribution in [0.5, 0.6) is 5.75 Å². The van der Waals surface area contributed by atoms with E-state index in [0.29, 0.717) is 31.7 Å². The number of methoxy groups -OCH3 is 1. The Morgan fingerprint density at radius 1 is 0.854 bits per heavy atom. The van der Waals surface area contributed by atoms with E-state index >= 15 is 0 Å². The summed E-state index contributed by atoms with van der Waals surface area (Å²) in [6.45, 7) is 6.29. The quantitative estimate of drug-likeness (QED) is 0.307. The normalized spacial score (nSPS) is 13.9. The lowest BCUT2D eigenvalue weighted by Gasteiger charge is -2.37. The lowest BCUT2D eigenvalue weighted by Crippen LogP contribution is -2.52. The van der Waals surface area contributed by atoms with E-state index in [4.69, 9.17) is 4.74 Å². The molecule has 4 aromatic rings. The molecule has 0 bridgehead atoms. The molecule has 0 aliphatic carbocycles. The van der Waals surface area contributed by atoms with Crippen molar-refractivity contribution in [3.05, 3.63) is 108 Å². The van der Waals surface area contributed by atoms with Gasteiger partial charge in [0, 0.05) is 37.3 Å². The van der Waals surface area contributed by atoms with Gasteiger partial charge < -0.3 is 19.4 Å². The van der Waals surface area contributed by atoms with Gasteiger partial charge >= 0.3 is 0 Å². The SMILES string of the molecule is COc1ccc(-c2ccc(N3CCN(C(=O)CN(C(=O)c4ccccc4C)[C@@H](C)c4ccccc4)CC3)nn2)cc1. The van der Waals surface area contributed by atoms with Crippen molar-refractivity contribution in [1.29, 1.82) is 0 Å². The van der Waals surface area contributed by atoms with Gasteiger partial charge in [0.2, 0.25) is 5.91 Å². The van der Waals surface area contributed by atoms with Crippen molar-refractivity contribution >= 4 is 17.6 Å². The fourth-order valence-corrected chi connectivity index (χ4v) is 5.10. The standard InChI is InChI=1S/C33H35N5O3/c1-24-9-7-8-12-29(24)33(40)38(25(2)26-10-5-4-6-11-26)23-32(39)37-21-19-36(20-22-37)31-18-17-30(34-35-31)27-13-15-28(41-3)16-14-27/h4-18,25H,19-23H2,1-3H3/t25-/m0/s1. The summed E-state index contributed by atoms with van der Waals surface area (Å²) < 4.78 is 5.23. The van der Waals surface area contributed by atoms with E-state index in [2.05, 4.69) is 15.1 Å². The van der Waals surface area contributed by atoms with Crippen LogP contribution in [0.25, 0.3) is 11.3 Å². The fourth-order valence-electron chi connectivity index (χ4n) is 5.10. The topological polar surface area (TPSA) is 78.9 Å². The van der Waals surface area contributed by atoms with Gasteiger partial charge in [0.05, 0.1) is 18.8 Å². The molecule has 0 unspecified atom stereocenters. The number of carbonyl (C=O) groups excluding carboxylic acids is 2. The summed E-state index contributed by atoms with van der Waals surface area (Å²) in [5, 5.41) is 8.87. The monoisotopic (exact) mass is 549 g/mol. The number of nitrogens with zero attached hydrogens (tertiary/aromatic N) is 5. The summed E-state index contributed by atoms with van der Waals surface area (Å²) >= 11 is 0. The minimum atomic E-state index is -0.256. The van der Waals surface area contributed by atoms with Crippen LogP contribution < -0.4 is 9.64 Å². The first kappa shape index (κ1) is 27.8. The van der Waals surface area contributed by atoms with Crippen molar-refractivity contribution in [1.82, 2.24) is 20.0 Å². The number of ether oxygens (including phenoxy) is 1. The van der Waals surface area contributed by atoms with Gasteiger partial charge in [-0.1, -0.05) is 48.5 Å². The zero-order valence-corrected chi connectivity index (χ0v) is 23.7. The van der Waals surface area contributed by atoms with Gasteiger partial charge in [-0.2, -0.15) is 0 Å². The summed E-state index contributed by atoms with van der Waals surface area (Å²) in [6.07, 6.45) is 0. The third kappa shape index (κ3) is 6.38. The second-order valence-electron chi connectivity index (χ2n) is 10.2. The van der Waals surface area contributed by atoms with Gasteiger partial charge in [-0.15, -0.1) is 10.2 Å². The molecule has 1 fully saturated rings.